The van der Waals surface area contributed by atoms with Crippen molar-refractivity contribution in [2.45, 2.75) is 19.4 Å². The van der Waals surface area contributed by atoms with E-state index in [1.54, 1.807) is 12.0 Å². The van der Waals surface area contributed by atoms with Crippen molar-refractivity contribution in [3.8, 4) is 17.2 Å². The molecule has 2 aliphatic heterocycles. The molecule has 164 valence electrons. The SMILES string of the molecule is CCN1C[C@H]2COc3cc(OC)ccc3[C@H]2N(C(=O)COc2ccccc2)CCC1=O. The van der Waals surface area contributed by atoms with E-state index in [-0.39, 0.29) is 30.4 Å². The lowest BCUT2D eigenvalue weighted by Crippen LogP contribution is -2.52. The number of hydrogen-bond donors (Lipinski definition) is 0. The zero-order chi connectivity index (χ0) is 21.8. The molecule has 4 rings (SSSR count). The molecule has 2 aromatic rings. The van der Waals surface area contributed by atoms with E-state index in [9.17, 15) is 9.59 Å². The van der Waals surface area contributed by atoms with Crippen molar-refractivity contribution in [1.82, 2.24) is 9.80 Å². The van der Waals surface area contributed by atoms with E-state index in [0.29, 0.717) is 44.2 Å². The molecule has 0 aromatic heterocycles. The standard InChI is InChI=1S/C24H28N2O5/c1-3-25-14-17-15-31-21-13-19(29-2)9-10-20(21)24(17)26(12-11-22(25)27)23(28)16-30-18-7-5-4-6-8-18/h4-10,13,17,24H,3,11-12,14-16H2,1-2H3/t17-,24-/m0/s1. The Hall–Kier alpha value is -3.22. The fourth-order valence-electron chi connectivity index (χ4n) is 4.36. The number of fused-ring (bicyclic) bond motifs is 3. The average molecular weight is 424 g/mol. The van der Waals surface area contributed by atoms with Crippen molar-refractivity contribution in [3.05, 3.63) is 54.1 Å². The highest BCUT2D eigenvalue weighted by molar-refractivity contribution is 5.81. The number of hydrogen-bond acceptors (Lipinski definition) is 5. The highest BCUT2D eigenvalue weighted by Crippen LogP contribution is 2.42. The fraction of sp³-hybridized carbons (Fsp3) is 0.417. The molecule has 2 heterocycles. The Morgan fingerprint density at radius 2 is 1.97 bits per heavy atom. The Balaban J connectivity index is 1.64. The average Bonchev–Trinajstić information content (AvgIpc) is 2.80. The van der Waals surface area contributed by atoms with Gasteiger partial charge in [0.2, 0.25) is 5.91 Å². The summed E-state index contributed by atoms with van der Waals surface area (Å²) in [4.78, 5) is 29.6. The van der Waals surface area contributed by atoms with Gasteiger partial charge in [-0.2, -0.15) is 0 Å². The topological polar surface area (TPSA) is 68.3 Å². The molecule has 0 unspecified atom stereocenters. The van der Waals surface area contributed by atoms with E-state index in [0.717, 1.165) is 11.3 Å². The Bertz CT molecular complexity index is 933. The van der Waals surface area contributed by atoms with Crippen molar-refractivity contribution < 1.29 is 23.8 Å². The van der Waals surface area contributed by atoms with E-state index in [4.69, 9.17) is 14.2 Å². The van der Waals surface area contributed by atoms with Crippen LogP contribution in [-0.4, -0.2) is 61.6 Å². The summed E-state index contributed by atoms with van der Waals surface area (Å²) in [6.07, 6.45) is 0.292. The predicted molar refractivity (Wildman–Crippen MR) is 115 cm³/mol. The summed E-state index contributed by atoms with van der Waals surface area (Å²) in [5, 5.41) is 0. The van der Waals surface area contributed by atoms with Gasteiger partial charge in [-0.25, -0.2) is 0 Å². The molecule has 2 aliphatic rings. The Morgan fingerprint density at radius 1 is 1.16 bits per heavy atom. The summed E-state index contributed by atoms with van der Waals surface area (Å²) in [6, 6.07) is 14.8. The van der Waals surface area contributed by atoms with Crippen LogP contribution in [0.15, 0.2) is 48.5 Å². The number of amides is 2. The minimum absolute atomic E-state index is 0.0224. The minimum Gasteiger partial charge on any atom is -0.497 e. The van der Waals surface area contributed by atoms with Crippen LogP contribution < -0.4 is 14.2 Å². The summed E-state index contributed by atoms with van der Waals surface area (Å²) >= 11 is 0. The zero-order valence-electron chi connectivity index (χ0n) is 18.0. The number of benzene rings is 2. The van der Waals surface area contributed by atoms with E-state index in [2.05, 4.69) is 0 Å². The quantitative estimate of drug-likeness (QED) is 0.738. The fourth-order valence-corrected chi connectivity index (χ4v) is 4.36. The van der Waals surface area contributed by atoms with Crippen LogP contribution in [0, 0.1) is 5.92 Å². The zero-order valence-corrected chi connectivity index (χ0v) is 18.0. The molecule has 0 N–H and O–H groups in total. The molecule has 1 fully saturated rings. The summed E-state index contributed by atoms with van der Waals surface area (Å²) in [5.74, 6) is 1.97. The molecule has 0 spiro atoms. The summed E-state index contributed by atoms with van der Waals surface area (Å²) in [7, 11) is 1.62. The van der Waals surface area contributed by atoms with Crippen LogP contribution in [0.2, 0.25) is 0 Å². The maximum atomic E-state index is 13.3. The monoisotopic (exact) mass is 424 g/mol. The van der Waals surface area contributed by atoms with Gasteiger partial charge < -0.3 is 24.0 Å². The lowest BCUT2D eigenvalue weighted by molar-refractivity contribution is -0.143. The molecule has 0 aliphatic carbocycles. The summed E-state index contributed by atoms with van der Waals surface area (Å²) in [5.41, 5.74) is 0.940. The molecule has 0 bridgehead atoms. The largest absolute Gasteiger partial charge is 0.497 e. The van der Waals surface area contributed by atoms with Gasteiger partial charge in [0.25, 0.3) is 5.91 Å². The van der Waals surface area contributed by atoms with Gasteiger partial charge in [0.1, 0.15) is 17.2 Å². The summed E-state index contributed by atoms with van der Waals surface area (Å²) in [6.45, 7) is 3.87. The number of nitrogens with zero attached hydrogens (tertiary/aromatic N) is 2. The molecular formula is C24H28N2O5. The van der Waals surface area contributed by atoms with E-state index >= 15 is 0 Å². The van der Waals surface area contributed by atoms with Crippen molar-refractivity contribution >= 4 is 11.8 Å². The van der Waals surface area contributed by atoms with Crippen molar-refractivity contribution in [3.63, 3.8) is 0 Å². The first kappa shape index (κ1) is 21.0. The predicted octanol–water partition coefficient (Wildman–Crippen LogP) is 2.90. The molecule has 1 saturated heterocycles. The Morgan fingerprint density at radius 3 is 2.71 bits per heavy atom. The molecular weight excluding hydrogens is 396 g/mol. The normalized spacial score (nSPS) is 20.6. The van der Waals surface area contributed by atoms with Crippen LogP contribution in [0.5, 0.6) is 17.2 Å². The van der Waals surface area contributed by atoms with Gasteiger partial charge in [0.05, 0.1) is 19.8 Å². The maximum absolute atomic E-state index is 13.3. The molecule has 2 amide bonds. The Labute approximate surface area is 182 Å². The maximum Gasteiger partial charge on any atom is 0.261 e. The van der Waals surface area contributed by atoms with Crippen LogP contribution in [0.3, 0.4) is 0 Å². The van der Waals surface area contributed by atoms with Crippen molar-refractivity contribution in [2.24, 2.45) is 5.92 Å². The number of carbonyl (C=O) groups excluding carboxylic acids is 2. The third kappa shape index (κ3) is 4.45. The van der Waals surface area contributed by atoms with Crippen molar-refractivity contribution in [1.29, 1.82) is 0 Å². The molecule has 0 radical (unpaired) electrons. The van der Waals surface area contributed by atoms with Gasteiger partial charge in [-0.15, -0.1) is 0 Å². The lowest BCUT2D eigenvalue weighted by atomic mass is 9.87. The highest BCUT2D eigenvalue weighted by atomic mass is 16.5. The number of carbonyl (C=O) groups is 2. The first-order valence-corrected chi connectivity index (χ1v) is 10.7. The van der Waals surface area contributed by atoms with Crippen LogP contribution in [0.25, 0.3) is 0 Å². The second-order valence-electron chi connectivity index (χ2n) is 7.79. The third-order valence-electron chi connectivity index (χ3n) is 5.96. The van der Waals surface area contributed by atoms with Crippen LogP contribution >= 0.6 is 0 Å². The number of methoxy groups -OCH3 is 1. The number of ether oxygens (including phenoxy) is 3. The molecule has 31 heavy (non-hydrogen) atoms. The minimum atomic E-state index is -0.191. The van der Waals surface area contributed by atoms with Gasteiger partial charge in [0, 0.05) is 43.6 Å². The van der Waals surface area contributed by atoms with Gasteiger partial charge >= 0.3 is 0 Å². The Kier molecular flexibility index (Phi) is 6.30. The van der Waals surface area contributed by atoms with Gasteiger partial charge in [-0.1, -0.05) is 18.2 Å². The highest BCUT2D eigenvalue weighted by Gasteiger charge is 2.40. The number of rotatable bonds is 5. The van der Waals surface area contributed by atoms with E-state index in [1.807, 2.05) is 60.4 Å². The van der Waals surface area contributed by atoms with Gasteiger partial charge in [-0.3, -0.25) is 9.59 Å². The molecule has 7 heteroatoms. The lowest BCUT2D eigenvalue weighted by Gasteiger charge is -2.44. The van der Waals surface area contributed by atoms with Gasteiger partial charge in [0.15, 0.2) is 6.61 Å². The van der Waals surface area contributed by atoms with Crippen LogP contribution in [-0.2, 0) is 9.59 Å². The van der Waals surface area contributed by atoms with E-state index in [1.165, 1.54) is 0 Å². The summed E-state index contributed by atoms with van der Waals surface area (Å²) < 4.78 is 17.1. The first-order chi connectivity index (χ1) is 15.1. The first-order valence-electron chi connectivity index (χ1n) is 10.7. The van der Waals surface area contributed by atoms with Crippen molar-refractivity contribution in [2.75, 3.05) is 40.0 Å². The third-order valence-corrected chi connectivity index (χ3v) is 5.96. The second kappa shape index (κ2) is 9.29. The molecule has 2 atom stereocenters. The number of para-hydroxylation sites is 1. The molecule has 7 nitrogen and oxygen atoms in total. The molecule has 2 aromatic carbocycles. The van der Waals surface area contributed by atoms with Crippen LogP contribution in [0.1, 0.15) is 24.9 Å². The van der Waals surface area contributed by atoms with Crippen LogP contribution in [0.4, 0.5) is 0 Å². The van der Waals surface area contributed by atoms with E-state index < -0.39 is 0 Å². The smallest absolute Gasteiger partial charge is 0.261 e. The van der Waals surface area contributed by atoms with Gasteiger partial charge in [-0.05, 0) is 31.2 Å². The molecule has 0 saturated carbocycles. The second-order valence-corrected chi connectivity index (χ2v) is 7.79.